The minimum Gasteiger partial charge on any atom is -0.351 e. The molecule has 0 bridgehead atoms. The lowest BCUT2D eigenvalue weighted by Gasteiger charge is -2.31. The molecule has 0 unspecified atom stereocenters. The second kappa shape index (κ2) is 8.23. The molecule has 2 fully saturated rings. The monoisotopic (exact) mass is 450 g/mol. The number of hydrogen-bond acceptors (Lipinski definition) is 8. The van der Waals surface area contributed by atoms with Crippen molar-refractivity contribution in [2.24, 2.45) is 0 Å². The normalized spacial score (nSPS) is 20.1. The van der Waals surface area contributed by atoms with Crippen LogP contribution in [0.5, 0.6) is 0 Å². The van der Waals surface area contributed by atoms with Crippen molar-refractivity contribution < 1.29 is 0 Å². The van der Waals surface area contributed by atoms with Gasteiger partial charge in [0.2, 0.25) is 5.95 Å². The summed E-state index contributed by atoms with van der Waals surface area (Å²) in [6.45, 7) is 0. The van der Waals surface area contributed by atoms with Crippen LogP contribution in [0.15, 0.2) is 37.3 Å². The molecule has 2 atom stereocenters. The van der Waals surface area contributed by atoms with Crippen LogP contribution in [-0.2, 0) is 0 Å². The second-order valence-electron chi connectivity index (χ2n) is 8.99. The SMILES string of the molecule is N#Cc1cnc(N[C@@H]2CCC[C@H](n3cnc4cncc(C#N)c43)C2)nc1-c1cnn(C2CC2)c1. The highest BCUT2D eigenvalue weighted by atomic mass is 15.3. The van der Waals surface area contributed by atoms with Gasteiger partial charge in [0.25, 0.3) is 0 Å². The molecular weight excluding hydrogens is 428 g/mol. The van der Waals surface area contributed by atoms with E-state index in [9.17, 15) is 10.5 Å². The summed E-state index contributed by atoms with van der Waals surface area (Å²) in [6.07, 6.45) is 16.6. The molecule has 10 heteroatoms. The average molecular weight is 451 g/mol. The Hall–Kier alpha value is -4.31. The fraction of sp³-hybridized carbons (Fsp3) is 0.375. The van der Waals surface area contributed by atoms with Gasteiger partial charge in [-0.3, -0.25) is 9.67 Å². The Labute approximate surface area is 195 Å². The third-order valence-electron chi connectivity index (χ3n) is 6.68. The maximum atomic E-state index is 9.58. The predicted molar refractivity (Wildman–Crippen MR) is 123 cm³/mol. The Morgan fingerprint density at radius 2 is 1.82 bits per heavy atom. The van der Waals surface area contributed by atoms with Gasteiger partial charge >= 0.3 is 0 Å². The summed E-state index contributed by atoms with van der Waals surface area (Å²) in [5, 5.41) is 27.0. The lowest BCUT2D eigenvalue weighted by molar-refractivity contribution is 0.336. The Balaban J connectivity index is 1.24. The molecule has 0 saturated heterocycles. The van der Waals surface area contributed by atoms with E-state index in [0.717, 1.165) is 55.1 Å². The van der Waals surface area contributed by atoms with E-state index in [0.29, 0.717) is 28.8 Å². The highest BCUT2D eigenvalue weighted by Gasteiger charge is 2.27. The van der Waals surface area contributed by atoms with Crippen LogP contribution in [0.4, 0.5) is 5.95 Å². The molecule has 0 aliphatic heterocycles. The molecule has 34 heavy (non-hydrogen) atoms. The summed E-state index contributed by atoms with van der Waals surface area (Å²) in [7, 11) is 0. The molecule has 4 aromatic heterocycles. The number of imidazole rings is 1. The van der Waals surface area contributed by atoms with Crippen LogP contribution < -0.4 is 5.32 Å². The smallest absolute Gasteiger partial charge is 0.223 e. The molecule has 4 aromatic rings. The van der Waals surface area contributed by atoms with Gasteiger partial charge in [0, 0.05) is 30.0 Å². The summed E-state index contributed by atoms with van der Waals surface area (Å²) in [5.74, 6) is 0.510. The summed E-state index contributed by atoms with van der Waals surface area (Å²) in [5.41, 5.74) is 3.99. The van der Waals surface area contributed by atoms with Crippen molar-refractivity contribution in [3.63, 3.8) is 0 Å². The van der Waals surface area contributed by atoms with Crippen LogP contribution in [0, 0.1) is 22.7 Å². The number of nitriles is 2. The van der Waals surface area contributed by atoms with Gasteiger partial charge in [0.05, 0.1) is 53.3 Å². The largest absolute Gasteiger partial charge is 0.351 e. The van der Waals surface area contributed by atoms with E-state index >= 15 is 0 Å². The second-order valence-corrected chi connectivity index (χ2v) is 8.99. The number of pyridine rings is 1. The molecule has 10 nitrogen and oxygen atoms in total. The standard InChI is InChI=1S/C24H22N10/c25-7-15-10-28-24(32-22(15)17-11-30-34(13-17)19-4-5-19)31-18-2-1-3-20(6-18)33-14-29-21-12-27-9-16(8-26)23(21)33/h9-14,18-20H,1-6H2,(H,28,31,32)/t18-,20+/m1/s1. The van der Waals surface area contributed by atoms with Crippen molar-refractivity contribution in [1.29, 1.82) is 10.5 Å². The Morgan fingerprint density at radius 3 is 2.65 bits per heavy atom. The zero-order valence-electron chi connectivity index (χ0n) is 18.5. The van der Waals surface area contributed by atoms with Gasteiger partial charge in [-0.2, -0.15) is 15.6 Å². The molecule has 1 N–H and O–H groups in total. The van der Waals surface area contributed by atoms with E-state index in [2.05, 4.69) is 42.1 Å². The number of fused-ring (bicyclic) bond motifs is 1. The first kappa shape index (κ1) is 20.3. The van der Waals surface area contributed by atoms with E-state index in [1.165, 1.54) is 0 Å². The van der Waals surface area contributed by atoms with Gasteiger partial charge in [0.1, 0.15) is 17.7 Å². The first-order valence-electron chi connectivity index (χ1n) is 11.5. The fourth-order valence-electron chi connectivity index (χ4n) is 4.83. The molecule has 0 aromatic carbocycles. The minimum absolute atomic E-state index is 0.165. The molecule has 6 rings (SSSR count). The number of anilines is 1. The third kappa shape index (κ3) is 3.63. The van der Waals surface area contributed by atoms with Crippen molar-refractivity contribution >= 4 is 17.0 Å². The Kier molecular flexibility index (Phi) is 4.92. The number of nitrogens with one attached hydrogen (secondary N) is 1. The van der Waals surface area contributed by atoms with Crippen LogP contribution in [0.2, 0.25) is 0 Å². The molecule has 2 saturated carbocycles. The van der Waals surface area contributed by atoms with Gasteiger partial charge < -0.3 is 9.88 Å². The van der Waals surface area contributed by atoms with E-state index in [4.69, 9.17) is 4.98 Å². The first-order chi connectivity index (χ1) is 16.7. The summed E-state index contributed by atoms with van der Waals surface area (Å²) >= 11 is 0. The Morgan fingerprint density at radius 1 is 0.941 bits per heavy atom. The van der Waals surface area contributed by atoms with Crippen LogP contribution in [0.3, 0.4) is 0 Å². The highest BCUT2D eigenvalue weighted by molar-refractivity contribution is 5.80. The van der Waals surface area contributed by atoms with Crippen molar-refractivity contribution in [3.8, 4) is 23.4 Å². The topological polar surface area (TPSA) is 134 Å². The molecule has 0 amide bonds. The van der Waals surface area contributed by atoms with Gasteiger partial charge in [-0.1, -0.05) is 0 Å². The fourth-order valence-corrected chi connectivity index (χ4v) is 4.83. The highest BCUT2D eigenvalue weighted by Crippen LogP contribution is 2.36. The predicted octanol–water partition coefficient (Wildman–Crippen LogP) is 3.76. The van der Waals surface area contributed by atoms with Crippen molar-refractivity contribution in [1.82, 2.24) is 34.3 Å². The van der Waals surface area contributed by atoms with E-state index in [1.807, 2.05) is 17.2 Å². The molecule has 4 heterocycles. The van der Waals surface area contributed by atoms with Crippen molar-refractivity contribution in [3.05, 3.63) is 48.4 Å². The van der Waals surface area contributed by atoms with Crippen molar-refractivity contribution in [2.45, 2.75) is 56.7 Å². The van der Waals surface area contributed by atoms with Crippen LogP contribution in [0.25, 0.3) is 22.3 Å². The summed E-state index contributed by atoms with van der Waals surface area (Å²) < 4.78 is 4.07. The summed E-state index contributed by atoms with van der Waals surface area (Å²) in [4.78, 5) is 17.7. The van der Waals surface area contributed by atoms with Crippen LogP contribution in [0.1, 0.15) is 61.7 Å². The first-order valence-corrected chi connectivity index (χ1v) is 11.5. The molecule has 2 aliphatic carbocycles. The third-order valence-corrected chi connectivity index (χ3v) is 6.68. The van der Waals surface area contributed by atoms with E-state index in [-0.39, 0.29) is 12.1 Å². The minimum atomic E-state index is 0.165. The summed E-state index contributed by atoms with van der Waals surface area (Å²) in [6, 6.07) is 5.28. The van der Waals surface area contributed by atoms with Gasteiger partial charge in [-0.05, 0) is 38.5 Å². The maximum absolute atomic E-state index is 9.58. The number of hydrogen-bond donors (Lipinski definition) is 1. The maximum Gasteiger partial charge on any atom is 0.223 e. The van der Waals surface area contributed by atoms with Crippen LogP contribution >= 0.6 is 0 Å². The zero-order valence-corrected chi connectivity index (χ0v) is 18.5. The molecule has 2 aliphatic rings. The van der Waals surface area contributed by atoms with E-state index in [1.54, 1.807) is 24.8 Å². The molecular formula is C24H22N10. The van der Waals surface area contributed by atoms with Gasteiger partial charge in [0.15, 0.2) is 0 Å². The van der Waals surface area contributed by atoms with Gasteiger partial charge in [-0.15, -0.1) is 0 Å². The molecule has 0 spiro atoms. The number of rotatable bonds is 5. The van der Waals surface area contributed by atoms with Crippen molar-refractivity contribution in [2.75, 3.05) is 5.32 Å². The Bertz CT molecular complexity index is 1450. The van der Waals surface area contributed by atoms with Crippen LogP contribution in [-0.4, -0.2) is 40.3 Å². The number of aromatic nitrogens is 7. The number of nitrogens with zero attached hydrogens (tertiary/aromatic N) is 9. The van der Waals surface area contributed by atoms with Gasteiger partial charge in [-0.25, -0.2) is 15.0 Å². The van der Waals surface area contributed by atoms with E-state index < -0.39 is 0 Å². The lowest BCUT2D eigenvalue weighted by atomic mass is 9.90. The molecule has 168 valence electrons. The molecule has 0 radical (unpaired) electrons. The lowest BCUT2D eigenvalue weighted by Crippen LogP contribution is -2.29. The average Bonchev–Trinajstić information content (AvgIpc) is 3.44. The quantitative estimate of drug-likeness (QED) is 0.486. The zero-order chi connectivity index (χ0) is 23.1.